The Morgan fingerprint density at radius 1 is 1.17 bits per heavy atom. The SMILES string of the molecule is O=C(COc1cccc(C(F)(F)F)c1)OCCCc1cccnc1. The molecule has 0 spiro atoms. The standard InChI is InChI=1S/C17H16F3NO3/c18-17(19,20)14-6-1-7-15(10-14)24-12-16(22)23-9-3-5-13-4-2-8-21-11-13/h1-2,4,6-8,10-11H,3,5,9,12H2. The van der Waals surface area contributed by atoms with E-state index in [0.717, 1.165) is 24.1 Å². The van der Waals surface area contributed by atoms with Crippen molar-refractivity contribution in [3.05, 3.63) is 59.9 Å². The maximum Gasteiger partial charge on any atom is 0.416 e. The Hall–Kier alpha value is -2.57. The van der Waals surface area contributed by atoms with Gasteiger partial charge in [-0.2, -0.15) is 13.2 Å². The molecule has 0 aliphatic carbocycles. The quantitative estimate of drug-likeness (QED) is 0.571. The third-order valence-electron chi connectivity index (χ3n) is 3.11. The molecule has 0 amide bonds. The number of nitrogens with zero attached hydrogens (tertiary/aromatic N) is 1. The second-order valence-corrected chi connectivity index (χ2v) is 5.00. The predicted molar refractivity (Wildman–Crippen MR) is 80.5 cm³/mol. The average molecular weight is 339 g/mol. The Balaban J connectivity index is 1.70. The number of aromatic nitrogens is 1. The minimum Gasteiger partial charge on any atom is -0.482 e. The van der Waals surface area contributed by atoms with Crippen LogP contribution in [0.25, 0.3) is 0 Å². The highest BCUT2D eigenvalue weighted by Gasteiger charge is 2.30. The molecule has 0 aliphatic rings. The second-order valence-electron chi connectivity index (χ2n) is 5.00. The summed E-state index contributed by atoms with van der Waals surface area (Å²) in [5.41, 5.74) is 0.207. The van der Waals surface area contributed by atoms with Crippen LogP contribution in [0.4, 0.5) is 13.2 Å². The average Bonchev–Trinajstić information content (AvgIpc) is 2.57. The van der Waals surface area contributed by atoms with E-state index >= 15 is 0 Å². The fourth-order valence-electron chi connectivity index (χ4n) is 1.95. The minimum atomic E-state index is -4.45. The van der Waals surface area contributed by atoms with Crippen LogP contribution in [-0.2, 0) is 22.1 Å². The van der Waals surface area contributed by atoms with Gasteiger partial charge in [-0.1, -0.05) is 12.1 Å². The largest absolute Gasteiger partial charge is 0.482 e. The highest BCUT2D eigenvalue weighted by molar-refractivity contribution is 5.71. The summed E-state index contributed by atoms with van der Waals surface area (Å²) in [6.45, 7) is -0.228. The minimum absolute atomic E-state index is 0.0304. The van der Waals surface area contributed by atoms with Crippen LogP contribution in [0.2, 0.25) is 0 Å². The first kappa shape index (κ1) is 17.8. The number of rotatable bonds is 7. The lowest BCUT2D eigenvalue weighted by Gasteiger charge is -2.10. The molecule has 0 bridgehead atoms. The van der Waals surface area contributed by atoms with Crippen molar-refractivity contribution >= 4 is 5.97 Å². The van der Waals surface area contributed by atoms with E-state index in [9.17, 15) is 18.0 Å². The zero-order valence-corrected chi connectivity index (χ0v) is 12.8. The van der Waals surface area contributed by atoms with Gasteiger partial charge in [0, 0.05) is 12.4 Å². The van der Waals surface area contributed by atoms with E-state index in [-0.39, 0.29) is 12.4 Å². The number of benzene rings is 1. The van der Waals surface area contributed by atoms with Crippen molar-refractivity contribution in [2.24, 2.45) is 0 Å². The molecule has 0 saturated carbocycles. The lowest BCUT2D eigenvalue weighted by Crippen LogP contribution is -2.16. The third kappa shape index (κ3) is 5.91. The monoisotopic (exact) mass is 339 g/mol. The molecule has 0 radical (unpaired) electrons. The van der Waals surface area contributed by atoms with E-state index < -0.39 is 24.3 Å². The Morgan fingerprint density at radius 2 is 2.00 bits per heavy atom. The van der Waals surface area contributed by atoms with E-state index in [4.69, 9.17) is 9.47 Å². The fraction of sp³-hybridized carbons (Fsp3) is 0.294. The summed E-state index contributed by atoms with van der Waals surface area (Å²) < 4.78 is 47.7. The smallest absolute Gasteiger partial charge is 0.416 e. The number of hydrogen-bond donors (Lipinski definition) is 0. The molecule has 0 atom stereocenters. The molecule has 1 heterocycles. The molecule has 2 aromatic rings. The maximum atomic E-state index is 12.6. The highest BCUT2D eigenvalue weighted by Crippen LogP contribution is 2.31. The first-order chi connectivity index (χ1) is 11.4. The van der Waals surface area contributed by atoms with E-state index in [1.807, 2.05) is 12.1 Å². The van der Waals surface area contributed by atoms with Crippen molar-refractivity contribution in [3.63, 3.8) is 0 Å². The van der Waals surface area contributed by atoms with Crippen molar-refractivity contribution in [1.82, 2.24) is 4.98 Å². The molecule has 0 unspecified atom stereocenters. The normalized spacial score (nSPS) is 11.1. The number of alkyl halides is 3. The molecule has 128 valence electrons. The Morgan fingerprint density at radius 3 is 2.71 bits per heavy atom. The van der Waals surface area contributed by atoms with Gasteiger partial charge in [0.05, 0.1) is 12.2 Å². The molecular formula is C17H16F3NO3. The maximum absolute atomic E-state index is 12.6. The van der Waals surface area contributed by atoms with Gasteiger partial charge >= 0.3 is 12.1 Å². The second kappa shape index (κ2) is 8.33. The molecule has 24 heavy (non-hydrogen) atoms. The molecule has 0 N–H and O–H groups in total. The van der Waals surface area contributed by atoms with Gasteiger partial charge in [0.2, 0.25) is 0 Å². The first-order valence-electron chi connectivity index (χ1n) is 7.30. The van der Waals surface area contributed by atoms with Crippen LogP contribution >= 0.6 is 0 Å². The number of esters is 1. The van der Waals surface area contributed by atoms with E-state index in [2.05, 4.69) is 4.98 Å². The lowest BCUT2D eigenvalue weighted by molar-refractivity contribution is -0.146. The number of carbonyl (C=O) groups is 1. The summed E-state index contributed by atoms with van der Waals surface area (Å²) in [5.74, 6) is -0.657. The van der Waals surface area contributed by atoms with Crippen LogP contribution < -0.4 is 4.74 Å². The predicted octanol–water partition coefficient (Wildman–Crippen LogP) is 3.66. The third-order valence-corrected chi connectivity index (χ3v) is 3.11. The molecule has 0 saturated heterocycles. The first-order valence-corrected chi connectivity index (χ1v) is 7.30. The molecule has 1 aromatic heterocycles. The summed E-state index contributed by atoms with van der Waals surface area (Å²) in [7, 11) is 0. The molecule has 1 aromatic carbocycles. The van der Waals surface area contributed by atoms with Gasteiger partial charge in [0.15, 0.2) is 6.61 Å². The number of hydrogen-bond acceptors (Lipinski definition) is 4. The Bertz CT molecular complexity index is 660. The van der Waals surface area contributed by atoms with E-state index in [1.165, 1.54) is 12.1 Å². The van der Waals surface area contributed by atoms with Crippen molar-refractivity contribution in [1.29, 1.82) is 0 Å². The van der Waals surface area contributed by atoms with Crippen LogP contribution in [0.1, 0.15) is 17.5 Å². The van der Waals surface area contributed by atoms with E-state index in [0.29, 0.717) is 6.42 Å². The topological polar surface area (TPSA) is 48.4 Å². The summed E-state index contributed by atoms with van der Waals surface area (Å²) in [6, 6.07) is 8.09. The molecule has 7 heteroatoms. The molecule has 2 rings (SSSR count). The van der Waals surface area contributed by atoms with Gasteiger partial charge in [-0.15, -0.1) is 0 Å². The van der Waals surface area contributed by atoms with Gasteiger partial charge < -0.3 is 9.47 Å². The molecule has 4 nitrogen and oxygen atoms in total. The number of pyridine rings is 1. The van der Waals surface area contributed by atoms with Gasteiger partial charge in [-0.05, 0) is 42.7 Å². The van der Waals surface area contributed by atoms with Gasteiger partial charge in [-0.25, -0.2) is 4.79 Å². The summed E-state index contributed by atoms with van der Waals surface area (Å²) in [5, 5.41) is 0. The fourth-order valence-corrected chi connectivity index (χ4v) is 1.95. The summed E-state index contributed by atoms with van der Waals surface area (Å²) in [6.07, 6.45) is 0.302. The van der Waals surface area contributed by atoms with Crippen LogP contribution in [0.3, 0.4) is 0 Å². The number of ether oxygens (including phenoxy) is 2. The zero-order valence-electron chi connectivity index (χ0n) is 12.8. The highest BCUT2D eigenvalue weighted by atomic mass is 19.4. The Labute approximate surface area is 137 Å². The van der Waals surface area contributed by atoms with Crippen LogP contribution in [0.5, 0.6) is 5.75 Å². The number of halogens is 3. The van der Waals surface area contributed by atoms with Crippen LogP contribution in [0, 0.1) is 0 Å². The molecular weight excluding hydrogens is 323 g/mol. The Kier molecular flexibility index (Phi) is 6.17. The molecule has 0 fully saturated rings. The lowest BCUT2D eigenvalue weighted by atomic mass is 10.2. The number of carbonyl (C=O) groups excluding carboxylic acids is 1. The summed E-state index contributed by atoms with van der Waals surface area (Å²) in [4.78, 5) is 15.5. The summed E-state index contributed by atoms with van der Waals surface area (Å²) >= 11 is 0. The van der Waals surface area contributed by atoms with Crippen molar-refractivity contribution < 1.29 is 27.4 Å². The molecule has 0 aliphatic heterocycles. The van der Waals surface area contributed by atoms with Gasteiger partial charge in [0.1, 0.15) is 5.75 Å². The van der Waals surface area contributed by atoms with Gasteiger partial charge in [-0.3, -0.25) is 4.98 Å². The van der Waals surface area contributed by atoms with Crippen LogP contribution in [0.15, 0.2) is 48.8 Å². The van der Waals surface area contributed by atoms with Crippen molar-refractivity contribution in [3.8, 4) is 5.75 Å². The van der Waals surface area contributed by atoms with E-state index in [1.54, 1.807) is 12.4 Å². The van der Waals surface area contributed by atoms with Gasteiger partial charge in [0.25, 0.3) is 0 Å². The van der Waals surface area contributed by atoms with Crippen molar-refractivity contribution in [2.75, 3.05) is 13.2 Å². The van der Waals surface area contributed by atoms with Crippen LogP contribution in [-0.4, -0.2) is 24.2 Å². The zero-order chi connectivity index (χ0) is 17.4. The number of aryl methyl sites for hydroxylation is 1. The van der Waals surface area contributed by atoms with Crippen molar-refractivity contribution in [2.45, 2.75) is 19.0 Å².